The van der Waals surface area contributed by atoms with Crippen molar-refractivity contribution in [3.8, 4) is 5.75 Å². The number of ether oxygens (including phenoxy) is 1. The lowest BCUT2D eigenvalue weighted by atomic mass is 9.95. The summed E-state index contributed by atoms with van der Waals surface area (Å²) in [6, 6.07) is 12.9. The minimum atomic E-state index is -3.80. The first kappa shape index (κ1) is 28.6. The zero-order chi connectivity index (χ0) is 28.2. The summed E-state index contributed by atoms with van der Waals surface area (Å²) in [6.45, 7) is 5.00. The summed E-state index contributed by atoms with van der Waals surface area (Å²) in [6.07, 6.45) is 4.18. The summed E-state index contributed by atoms with van der Waals surface area (Å²) in [5.74, 6) is -0.0431. The fourth-order valence-electron chi connectivity index (χ4n) is 5.33. The van der Waals surface area contributed by atoms with Gasteiger partial charge in [0, 0.05) is 42.3 Å². The van der Waals surface area contributed by atoms with E-state index in [0.29, 0.717) is 42.9 Å². The maximum atomic E-state index is 13.0. The number of nitrogens with one attached hydrogen (secondary N) is 1. The molecule has 2 fully saturated rings. The predicted octanol–water partition coefficient (Wildman–Crippen LogP) is 2.99. The summed E-state index contributed by atoms with van der Waals surface area (Å²) in [7, 11) is -3.80. The molecule has 2 aromatic carbocycles. The normalized spacial score (nSPS) is 20.4. The Labute approximate surface area is 229 Å². The van der Waals surface area contributed by atoms with Gasteiger partial charge in [-0.15, -0.1) is 0 Å². The standard InChI is InChI=1S/C28H36N4O6S/c1-19-4-3-5-20(2)32(19)26(33)18-38-24-10-6-22(7-11-24)28(35)31-16-14-21(15-17-31)27(34)30-23-8-12-25(13-9-23)39(29,36)37/h6-13,19-21H,3-5,14-18H2,1-2H3,(H,30,34)(H2,29,36,37). The maximum Gasteiger partial charge on any atom is 0.260 e. The van der Waals surface area contributed by atoms with Gasteiger partial charge >= 0.3 is 0 Å². The monoisotopic (exact) mass is 556 g/mol. The highest BCUT2D eigenvalue weighted by Crippen LogP contribution is 2.24. The highest BCUT2D eigenvalue weighted by Gasteiger charge is 2.30. The third kappa shape index (κ3) is 7.15. The second kappa shape index (κ2) is 12.2. The Balaban J connectivity index is 1.24. The van der Waals surface area contributed by atoms with Crippen LogP contribution in [0.4, 0.5) is 5.69 Å². The molecule has 0 aliphatic carbocycles. The van der Waals surface area contributed by atoms with Crippen LogP contribution in [0, 0.1) is 5.92 Å². The first-order valence-corrected chi connectivity index (χ1v) is 14.8. The third-order valence-corrected chi connectivity index (χ3v) is 8.48. The van der Waals surface area contributed by atoms with Crippen LogP contribution in [-0.2, 0) is 19.6 Å². The first-order chi connectivity index (χ1) is 18.5. The molecule has 3 amide bonds. The van der Waals surface area contributed by atoms with Crippen LogP contribution in [0.5, 0.6) is 5.75 Å². The molecule has 2 aliphatic rings. The van der Waals surface area contributed by atoms with Crippen molar-refractivity contribution in [3.63, 3.8) is 0 Å². The number of hydrogen-bond donors (Lipinski definition) is 2. The number of sulfonamides is 1. The smallest absolute Gasteiger partial charge is 0.260 e. The van der Waals surface area contributed by atoms with E-state index in [1.165, 1.54) is 24.3 Å². The topological polar surface area (TPSA) is 139 Å². The van der Waals surface area contributed by atoms with Gasteiger partial charge in [0.1, 0.15) is 5.75 Å². The number of anilines is 1. The Morgan fingerprint density at radius 2 is 1.51 bits per heavy atom. The van der Waals surface area contributed by atoms with Crippen molar-refractivity contribution in [2.75, 3.05) is 25.0 Å². The van der Waals surface area contributed by atoms with Gasteiger partial charge in [0.2, 0.25) is 15.9 Å². The van der Waals surface area contributed by atoms with Gasteiger partial charge in [-0.2, -0.15) is 0 Å². The number of likely N-dealkylation sites (tertiary alicyclic amines) is 2. The highest BCUT2D eigenvalue weighted by atomic mass is 32.2. The van der Waals surface area contributed by atoms with Crippen molar-refractivity contribution in [3.05, 3.63) is 54.1 Å². The molecule has 11 heteroatoms. The van der Waals surface area contributed by atoms with E-state index in [2.05, 4.69) is 19.2 Å². The number of nitrogens with zero attached hydrogens (tertiary/aromatic N) is 2. The van der Waals surface area contributed by atoms with Crippen LogP contribution in [0.2, 0.25) is 0 Å². The van der Waals surface area contributed by atoms with E-state index < -0.39 is 10.0 Å². The van der Waals surface area contributed by atoms with Crippen LogP contribution in [0.15, 0.2) is 53.4 Å². The number of primary sulfonamides is 1. The Morgan fingerprint density at radius 1 is 0.923 bits per heavy atom. The van der Waals surface area contributed by atoms with Crippen LogP contribution in [-0.4, -0.2) is 67.7 Å². The molecule has 0 radical (unpaired) electrons. The molecule has 10 nitrogen and oxygen atoms in total. The molecule has 39 heavy (non-hydrogen) atoms. The molecule has 2 aromatic rings. The molecule has 0 aromatic heterocycles. The van der Waals surface area contributed by atoms with Crippen molar-refractivity contribution in [2.24, 2.45) is 11.1 Å². The maximum absolute atomic E-state index is 13.0. The van der Waals surface area contributed by atoms with Gasteiger partial charge in [-0.05, 0) is 94.5 Å². The average Bonchev–Trinajstić information content (AvgIpc) is 2.91. The predicted molar refractivity (Wildman–Crippen MR) is 147 cm³/mol. The summed E-state index contributed by atoms with van der Waals surface area (Å²) >= 11 is 0. The zero-order valence-electron chi connectivity index (χ0n) is 22.3. The summed E-state index contributed by atoms with van der Waals surface area (Å²) in [4.78, 5) is 42.0. The summed E-state index contributed by atoms with van der Waals surface area (Å²) < 4.78 is 28.5. The third-order valence-electron chi connectivity index (χ3n) is 7.55. The number of carbonyl (C=O) groups excluding carboxylic acids is 3. The molecule has 0 bridgehead atoms. The van der Waals surface area contributed by atoms with Crippen LogP contribution in [0.1, 0.15) is 56.3 Å². The van der Waals surface area contributed by atoms with Crippen LogP contribution in [0.25, 0.3) is 0 Å². The number of hydrogen-bond acceptors (Lipinski definition) is 6. The first-order valence-electron chi connectivity index (χ1n) is 13.3. The number of rotatable bonds is 7. The largest absolute Gasteiger partial charge is 0.484 e. The molecule has 2 saturated heterocycles. The zero-order valence-corrected chi connectivity index (χ0v) is 23.2. The molecular weight excluding hydrogens is 520 g/mol. The molecule has 0 saturated carbocycles. The quantitative estimate of drug-likeness (QED) is 0.538. The van der Waals surface area contributed by atoms with Gasteiger partial charge in [0.15, 0.2) is 6.61 Å². The van der Waals surface area contributed by atoms with Gasteiger partial charge in [-0.25, -0.2) is 13.6 Å². The average molecular weight is 557 g/mol. The number of carbonyl (C=O) groups is 3. The Bertz CT molecular complexity index is 1280. The van der Waals surface area contributed by atoms with Gasteiger partial charge in [0.05, 0.1) is 4.90 Å². The van der Waals surface area contributed by atoms with Crippen molar-refractivity contribution >= 4 is 33.4 Å². The van der Waals surface area contributed by atoms with Crippen molar-refractivity contribution < 1.29 is 27.5 Å². The molecule has 3 N–H and O–H groups in total. The Morgan fingerprint density at radius 3 is 2.08 bits per heavy atom. The van der Waals surface area contributed by atoms with Crippen molar-refractivity contribution in [2.45, 2.75) is 62.9 Å². The SMILES string of the molecule is CC1CCCC(C)N1C(=O)COc1ccc(C(=O)N2CCC(C(=O)Nc3ccc(S(N)(=O)=O)cc3)CC2)cc1. The van der Waals surface area contributed by atoms with E-state index in [9.17, 15) is 22.8 Å². The molecular formula is C28H36N4O6S. The van der Waals surface area contributed by atoms with Gasteiger partial charge < -0.3 is 19.9 Å². The highest BCUT2D eigenvalue weighted by molar-refractivity contribution is 7.89. The van der Waals surface area contributed by atoms with Crippen LogP contribution < -0.4 is 15.2 Å². The summed E-state index contributed by atoms with van der Waals surface area (Å²) in [5, 5.41) is 7.90. The minimum Gasteiger partial charge on any atom is -0.484 e. The van der Waals surface area contributed by atoms with E-state index in [1.54, 1.807) is 29.2 Å². The van der Waals surface area contributed by atoms with E-state index in [0.717, 1.165) is 19.3 Å². The minimum absolute atomic E-state index is 0.0257. The molecule has 4 rings (SSSR count). The van der Waals surface area contributed by atoms with Gasteiger partial charge in [0.25, 0.3) is 11.8 Å². The van der Waals surface area contributed by atoms with Gasteiger partial charge in [-0.1, -0.05) is 0 Å². The lowest BCUT2D eigenvalue weighted by molar-refractivity contribution is -0.139. The lowest BCUT2D eigenvalue weighted by Crippen LogP contribution is -2.49. The second-order valence-electron chi connectivity index (χ2n) is 10.4. The van der Waals surface area contributed by atoms with E-state index >= 15 is 0 Å². The number of amides is 3. The number of nitrogens with two attached hydrogens (primary N) is 1. The van der Waals surface area contributed by atoms with Crippen molar-refractivity contribution in [1.82, 2.24) is 9.80 Å². The lowest BCUT2D eigenvalue weighted by Gasteiger charge is -2.38. The summed E-state index contributed by atoms with van der Waals surface area (Å²) in [5.41, 5.74) is 1.000. The van der Waals surface area contributed by atoms with Gasteiger partial charge in [-0.3, -0.25) is 14.4 Å². The molecule has 210 valence electrons. The second-order valence-corrected chi connectivity index (χ2v) is 11.9. The molecule has 2 atom stereocenters. The Kier molecular flexibility index (Phi) is 8.91. The van der Waals surface area contributed by atoms with E-state index in [-0.39, 0.29) is 47.2 Å². The fourth-order valence-corrected chi connectivity index (χ4v) is 5.84. The Hall–Kier alpha value is -3.44. The number of piperidine rings is 2. The molecule has 2 heterocycles. The molecule has 2 unspecified atom stereocenters. The van der Waals surface area contributed by atoms with Crippen LogP contribution in [0.3, 0.4) is 0 Å². The molecule has 2 aliphatic heterocycles. The van der Waals surface area contributed by atoms with Crippen molar-refractivity contribution in [1.29, 1.82) is 0 Å². The number of benzene rings is 2. The van der Waals surface area contributed by atoms with E-state index in [4.69, 9.17) is 9.88 Å². The molecule has 0 spiro atoms. The van der Waals surface area contributed by atoms with E-state index in [1.807, 2.05) is 4.90 Å². The van der Waals surface area contributed by atoms with Crippen LogP contribution >= 0.6 is 0 Å². The fraction of sp³-hybridized carbons (Fsp3) is 0.464.